The van der Waals surface area contributed by atoms with Gasteiger partial charge in [-0.3, -0.25) is 14.5 Å². The third-order valence-electron chi connectivity index (χ3n) is 5.01. The molecule has 8 heteroatoms. The van der Waals surface area contributed by atoms with Crippen LogP contribution in [-0.4, -0.2) is 35.0 Å². The number of benzene rings is 2. The standard InChI is InChI=1S/C26H30ClN3O4/c1-8-30(21(31)15-28-25(33)34-26(5,6)7)23(19-13-12-16(2)18(4)14-19)24(32)29-22-17(3)10-9-11-20(22)27/h1,9-14,23H,15H2,2-7H3,(H,28,33)(H,29,32). The number of hydrogen-bond donors (Lipinski definition) is 2. The number of nitrogens with one attached hydrogen (secondary N) is 2. The minimum Gasteiger partial charge on any atom is -0.444 e. The third-order valence-corrected chi connectivity index (χ3v) is 5.33. The van der Waals surface area contributed by atoms with E-state index in [0.717, 1.165) is 21.6 Å². The molecule has 2 N–H and O–H groups in total. The maximum atomic E-state index is 13.5. The Morgan fingerprint density at radius 1 is 1.09 bits per heavy atom. The van der Waals surface area contributed by atoms with Crippen LogP contribution in [0.2, 0.25) is 5.02 Å². The predicted octanol–water partition coefficient (Wildman–Crippen LogP) is 4.89. The lowest BCUT2D eigenvalue weighted by Gasteiger charge is -2.27. The Morgan fingerprint density at radius 2 is 1.76 bits per heavy atom. The van der Waals surface area contributed by atoms with Crippen LogP contribution in [0, 0.1) is 33.2 Å². The highest BCUT2D eigenvalue weighted by Gasteiger charge is 2.32. The van der Waals surface area contributed by atoms with Crippen LogP contribution in [0.25, 0.3) is 0 Å². The van der Waals surface area contributed by atoms with E-state index < -0.39 is 36.1 Å². The van der Waals surface area contributed by atoms with Gasteiger partial charge in [-0.25, -0.2) is 4.79 Å². The average molecular weight is 484 g/mol. The Morgan fingerprint density at radius 3 is 2.32 bits per heavy atom. The summed E-state index contributed by atoms with van der Waals surface area (Å²) in [5.41, 5.74) is 2.93. The number of rotatable bonds is 6. The van der Waals surface area contributed by atoms with Crippen molar-refractivity contribution in [2.75, 3.05) is 11.9 Å². The van der Waals surface area contributed by atoms with Crippen LogP contribution < -0.4 is 10.6 Å². The first-order valence-electron chi connectivity index (χ1n) is 10.7. The molecule has 180 valence electrons. The molecule has 2 rings (SSSR count). The molecule has 0 aromatic heterocycles. The molecule has 0 aliphatic rings. The van der Waals surface area contributed by atoms with Gasteiger partial charge in [0.15, 0.2) is 0 Å². The normalized spacial score (nSPS) is 11.7. The van der Waals surface area contributed by atoms with Crippen LogP contribution in [0.3, 0.4) is 0 Å². The van der Waals surface area contributed by atoms with Gasteiger partial charge in [0.2, 0.25) is 0 Å². The number of para-hydroxylation sites is 1. The number of aryl methyl sites for hydroxylation is 3. The van der Waals surface area contributed by atoms with Gasteiger partial charge in [0.05, 0.1) is 10.7 Å². The molecule has 0 saturated carbocycles. The predicted molar refractivity (Wildman–Crippen MR) is 133 cm³/mol. The van der Waals surface area contributed by atoms with Gasteiger partial charge in [0.25, 0.3) is 11.8 Å². The molecule has 0 bridgehead atoms. The number of anilines is 1. The number of halogens is 1. The number of alkyl carbamates (subject to hydrolysis) is 1. The quantitative estimate of drug-likeness (QED) is 0.452. The van der Waals surface area contributed by atoms with Crippen molar-refractivity contribution in [1.82, 2.24) is 10.2 Å². The molecular formula is C26H30ClN3O4. The minimum atomic E-state index is -1.16. The largest absolute Gasteiger partial charge is 0.444 e. The van der Waals surface area contributed by atoms with E-state index in [9.17, 15) is 14.4 Å². The third kappa shape index (κ3) is 7.00. The highest BCUT2D eigenvalue weighted by atomic mass is 35.5. The Labute approximate surface area is 205 Å². The molecule has 0 heterocycles. The van der Waals surface area contributed by atoms with Crippen LogP contribution in [0.4, 0.5) is 10.5 Å². The maximum Gasteiger partial charge on any atom is 0.408 e. The van der Waals surface area contributed by atoms with Crippen molar-refractivity contribution < 1.29 is 19.1 Å². The second-order valence-corrected chi connectivity index (χ2v) is 9.32. The van der Waals surface area contributed by atoms with Gasteiger partial charge in [-0.1, -0.05) is 48.4 Å². The van der Waals surface area contributed by atoms with Gasteiger partial charge < -0.3 is 15.4 Å². The molecule has 2 aromatic carbocycles. The molecule has 0 saturated heterocycles. The maximum absolute atomic E-state index is 13.5. The van der Waals surface area contributed by atoms with E-state index in [1.54, 1.807) is 58.0 Å². The number of terminal acetylenes is 1. The number of nitrogens with zero attached hydrogens (tertiary/aromatic N) is 1. The highest BCUT2D eigenvalue weighted by molar-refractivity contribution is 6.34. The average Bonchev–Trinajstić information content (AvgIpc) is 2.73. The van der Waals surface area contributed by atoms with E-state index in [-0.39, 0.29) is 0 Å². The number of carbonyl (C=O) groups excluding carboxylic acids is 3. The smallest absolute Gasteiger partial charge is 0.408 e. The van der Waals surface area contributed by atoms with E-state index in [4.69, 9.17) is 22.8 Å². The molecule has 1 unspecified atom stereocenters. The molecular weight excluding hydrogens is 454 g/mol. The summed E-state index contributed by atoms with van der Waals surface area (Å²) in [6.45, 7) is 10.3. The molecule has 0 aliphatic carbocycles. The van der Waals surface area contributed by atoms with E-state index >= 15 is 0 Å². The van der Waals surface area contributed by atoms with Crippen molar-refractivity contribution in [2.24, 2.45) is 0 Å². The Balaban J connectivity index is 2.38. The lowest BCUT2D eigenvalue weighted by atomic mass is 9.99. The molecule has 0 aliphatic heterocycles. The molecule has 0 fully saturated rings. The van der Waals surface area contributed by atoms with Crippen molar-refractivity contribution in [3.63, 3.8) is 0 Å². The van der Waals surface area contributed by atoms with E-state index in [1.165, 1.54) is 0 Å². The van der Waals surface area contributed by atoms with Crippen molar-refractivity contribution in [1.29, 1.82) is 0 Å². The Kier molecular flexibility index (Phi) is 8.72. The van der Waals surface area contributed by atoms with Crippen molar-refractivity contribution >= 4 is 35.2 Å². The summed E-state index contributed by atoms with van der Waals surface area (Å²) in [5.74, 6) is -1.19. The SMILES string of the molecule is C#CN(C(=O)CNC(=O)OC(C)(C)C)C(C(=O)Nc1c(C)cccc1Cl)c1ccc(C)c(C)c1. The first-order valence-corrected chi connectivity index (χ1v) is 11.1. The van der Waals surface area contributed by atoms with Gasteiger partial charge in [-0.05, 0) is 69.9 Å². The summed E-state index contributed by atoms with van der Waals surface area (Å²) >= 11 is 6.29. The van der Waals surface area contributed by atoms with Crippen LogP contribution >= 0.6 is 11.6 Å². The lowest BCUT2D eigenvalue weighted by Crippen LogP contribution is -2.44. The van der Waals surface area contributed by atoms with E-state index in [1.807, 2.05) is 19.9 Å². The first-order chi connectivity index (χ1) is 15.8. The summed E-state index contributed by atoms with van der Waals surface area (Å²) in [5, 5.41) is 5.55. The van der Waals surface area contributed by atoms with Crippen molar-refractivity contribution in [3.8, 4) is 12.5 Å². The number of amides is 3. The molecule has 1 atom stereocenters. The summed E-state index contributed by atoms with van der Waals surface area (Å²) in [6.07, 6.45) is 4.92. The number of ether oxygens (including phenoxy) is 1. The van der Waals surface area contributed by atoms with Crippen molar-refractivity contribution in [2.45, 2.75) is 53.2 Å². The second kappa shape index (κ2) is 11.1. The highest BCUT2D eigenvalue weighted by Crippen LogP contribution is 2.29. The summed E-state index contributed by atoms with van der Waals surface area (Å²) in [6, 6.07) is 11.8. The summed E-state index contributed by atoms with van der Waals surface area (Å²) < 4.78 is 5.16. The van der Waals surface area contributed by atoms with Gasteiger partial charge in [0, 0.05) is 6.04 Å². The van der Waals surface area contributed by atoms with E-state index in [2.05, 4.69) is 16.7 Å². The fourth-order valence-electron chi connectivity index (χ4n) is 3.17. The van der Waals surface area contributed by atoms with Gasteiger partial charge in [-0.2, -0.15) is 0 Å². The summed E-state index contributed by atoms with van der Waals surface area (Å²) in [7, 11) is 0. The number of hydrogen-bond acceptors (Lipinski definition) is 4. The first kappa shape index (κ1) is 26.7. The zero-order valence-electron chi connectivity index (χ0n) is 20.3. The van der Waals surface area contributed by atoms with Crippen LogP contribution in [0.15, 0.2) is 36.4 Å². The molecule has 3 amide bonds. The molecule has 0 spiro atoms. The Bertz CT molecular complexity index is 1110. The molecule has 2 aromatic rings. The van der Waals surface area contributed by atoms with Gasteiger partial charge in [0.1, 0.15) is 18.2 Å². The molecule has 0 radical (unpaired) electrons. The van der Waals surface area contributed by atoms with Gasteiger partial charge in [-0.15, -0.1) is 0 Å². The van der Waals surface area contributed by atoms with Crippen LogP contribution in [-0.2, 0) is 14.3 Å². The Hall–Kier alpha value is -3.50. The topological polar surface area (TPSA) is 87.7 Å². The molecule has 34 heavy (non-hydrogen) atoms. The van der Waals surface area contributed by atoms with Crippen molar-refractivity contribution in [3.05, 3.63) is 63.7 Å². The minimum absolute atomic E-state index is 0.359. The van der Waals surface area contributed by atoms with E-state index in [0.29, 0.717) is 16.3 Å². The van der Waals surface area contributed by atoms with Crippen LogP contribution in [0.5, 0.6) is 0 Å². The lowest BCUT2D eigenvalue weighted by molar-refractivity contribution is -0.134. The number of carbonyl (C=O) groups is 3. The van der Waals surface area contributed by atoms with Gasteiger partial charge >= 0.3 is 6.09 Å². The monoisotopic (exact) mass is 483 g/mol. The van der Waals surface area contributed by atoms with Crippen LogP contribution in [0.1, 0.15) is 49.1 Å². The second-order valence-electron chi connectivity index (χ2n) is 8.92. The molecule has 7 nitrogen and oxygen atoms in total. The zero-order chi connectivity index (χ0) is 25.6. The fourth-order valence-corrected chi connectivity index (χ4v) is 3.44. The fraction of sp³-hybridized carbons (Fsp3) is 0.346. The summed E-state index contributed by atoms with van der Waals surface area (Å²) in [4.78, 5) is 39.4. The zero-order valence-corrected chi connectivity index (χ0v) is 21.0.